The van der Waals surface area contributed by atoms with Gasteiger partial charge < -0.3 is 20.5 Å². The summed E-state index contributed by atoms with van der Waals surface area (Å²) in [6.07, 6.45) is 4.35. The predicted molar refractivity (Wildman–Crippen MR) is 126 cm³/mol. The van der Waals surface area contributed by atoms with Crippen molar-refractivity contribution in [3.05, 3.63) is 114 Å². The van der Waals surface area contributed by atoms with Gasteiger partial charge in [0.05, 0.1) is 17.3 Å². The molecule has 4 aromatic rings. The second kappa shape index (κ2) is 10.7. The average molecular weight is 454 g/mol. The number of carbonyl (C=O) groups is 2. The van der Waals surface area contributed by atoms with E-state index in [-0.39, 0.29) is 18.1 Å². The van der Waals surface area contributed by atoms with Crippen molar-refractivity contribution < 1.29 is 19.1 Å². The Labute approximate surface area is 196 Å². The van der Waals surface area contributed by atoms with Crippen molar-refractivity contribution in [2.24, 2.45) is 5.73 Å². The highest BCUT2D eigenvalue weighted by Gasteiger charge is 2.09. The Morgan fingerprint density at radius 2 is 1.59 bits per heavy atom. The molecule has 0 saturated carbocycles. The van der Waals surface area contributed by atoms with E-state index >= 15 is 0 Å². The summed E-state index contributed by atoms with van der Waals surface area (Å²) in [6, 6.07) is 21.9. The van der Waals surface area contributed by atoms with Crippen molar-refractivity contribution in [3.8, 4) is 11.6 Å². The van der Waals surface area contributed by atoms with Gasteiger partial charge in [0.2, 0.25) is 11.8 Å². The van der Waals surface area contributed by atoms with E-state index < -0.39 is 5.91 Å². The molecule has 3 N–H and O–H groups in total. The van der Waals surface area contributed by atoms with Crippen LogP contribution in [-0.2, 0) is 13.2 Å². The van der Waals surface area contributed by atoms with E-state index in [4.69, 9.17) is 15.2 Å². The van der Waals surface area contributed by atoms with Gasteiger partial charge in [0.15, 0.2) is 0 Å². The first-order chi connectivity index (χ1) is 16.6. The highest BCUT2D eigenvalue weighted by Crippen LogP contribution is 2.17. The number of amides is 2. The van der Waals surface area contributed by atoms with E-state index in [1.165, 1.54) is 24.7 Å². The first kappa shape index (κ1) is 22.5. The quantitative estimate of drug-likeness (QED) is 0.395. The SMILES string of the molecule is NC(=O)c1cncc(OCc2cccc(NC(=O)c3ccc(OCc4ccccc4)nc3)c2)c1. The number of anilines is 1. The standard InChI is InChI=1S/C26H22N4O4/c27-25(31)21-12-23(15-28-13-21)33-17-19-7-4-8-22(11-19)30-26(32)20-9-10-24(29-14-20)34-16-18-5-2-1-3-6-18/h1-15H,16-17H2,(H2,27,31)(H,30,32). The van der Waals surface area contributed by atoms with E-state index in [1.54, 1.807) is 24.3 Å². The number of nitrogens with zero attached hydrogens (tertiary/aromatic N) is 2. The molecule has 0 atom stereocenters. The van der Waals surface area contributed by atoms with Gasteiger partial charge in [-0.15, -0.1) is 0 Å². The third-order valence-electron chi connectivity index (χ3n) is 4.82. The molecule has 4 rings (SSSR count). The van der Waals surface area contributed by atoms with Gasteiger partial charge in [-0.25, -0.2) is 4.98 Å². The fraction of sp³-hybridized carbons (Fsp3) is 0.0769. The Hall–Kier alpha value is -4.72. The van der Waals surface area contributed by atoms with Crippen LogP contribution in [0.3, 0.4) is 0 Å². The number of carbonyl (C=O) groups excluding carboxylic acids is 2. The lowest BCUT2D eigenvalue weighted by molar-refractivity contribution is 0.0996. The van der Waals surface area contributed by atoms with Crippen LogP contribution in [0, 0.1) is 0 Å². The normalized spacial score (nSPS) is 10.4. The molecule has 0 bridgehead atoms. The Kier molecular flexibility index (Phi) is 7.09. The molecular weight excluding hydrogens is 432 g/mol. The summed E-state index contributed by atoms with van der Waals surface area (Å²) in [5.74, 6) is -0.00712. The number of benzene rings is 2. The van der Waals surface area contributed by atoms with Gasteiger partial charge in [-0.05, 0) is 35.4 Å². The minimum Gasteiger partial charge on any atom is -0.487 e. The first-order valence-corrected chi connectivity index (χ1v) is 10.5. The maximum atomic E-state index is 12.6. The molecule has 0 spiro atoms. The van der Waals surface area contributed by atoms with Gasteiger partial charge >= 0.3 is 0 Å². The second-order valence-corrected chi connectivity index (χ2v) is 7.38. The number of aromatic nitrogens is 2. The van der Waals surface area contributed by atoms with Gasteiger partial charge in [0, 0.05) is 24.1 Å². The molecule has 2 heterocycles. The van der Waals surface area contributed by atoms with Crippen LogP contribution >= 0.6 is 0 Å². The lowest BCUT2D eigenvalue weighted by atomic mass is 10.2. The zero-order chi connectivity index (χ0) is 23.8. The monoisotopic (exact) mass is 454 g/mol. The van der Waals surface area contributed by atoms with E-state index in [0.717, 1.165) is 11.1 Å². The van der Waals surface area contributed by atoms with Crippen molar-refractivity contribution in [3.63, 3.8) is 0 Å². The zero-order valence-electron chi connectivity index (χ0n) is 18.2. The molecule has 0 unspecified atom stereocenters. The van der Waals surface area contributed by atoms with Crippen LogP contribution in [0.1, 0.15) is 31.8 Å². The van der Waals surface area contributed by atoms with Gasteiger partial charge in [0.1, 0.15) is 19.0 Å². The predicted octanol–water partition coefficient (Wildman–Crippen LogP) is 3.99. The average Bonchev–Trinajstić information content (AvgIpc) is 2.87. The number of nitrogens with two attached hydrogens (primary N) is 1. The molecule has 0 fully saturated rings. The van der Waals surface area contributed by atoms with Crippen LogP contribution in [0.4, 0.5) is 5.69 Å². The highest BCUT2D eigenvalue weighted by molar-refractivity contribution is 6.04. The molecule has 0 aliphatic rings. The largest absolute Gasteiger partial charge is 0.487 e. The molecule has 2 amide bonds. The summed E-state index contributed by atoms with van der Waals surface area (Å²) in [6.45, 7) is 0.625. The fourth-order valence-corrected chi connectivity index (χ4v) is 3.07. The second-order valence-electron chi connectivity index (χ2n) is 7.38. The number of rotatable bonds is 9. The van der Waals surface area contributed by atoms with Crippen LogP contribution in [-0.4, -0.2) is 21.8 Å². The molecule has 0 radical (unpaired) electrons. The van der Waals surface area contributed by atoms with Crippen molar-refractivity contribution in [1.29, 1.82) is 0 Å². The van der Waals surface area contributed by atoms with Gasteiger partial charge in [-0.1, -0.05) is 42.5 Å². The van der Waals surface area contributed by atoms with E-state index in [0.29, 0.717) is 29.5 Å². The lowest BCUT2D eigenvalue weighted by Gasteiger charge is -2.10. The Morgan fingerprint density at radius 1 is 0.794 bits per heavy atom. The Balaban J connectivity index is 1.33. The number of primary amides is 1. The molecular formula is C26H22N4O4. The Morgan fingerprint density at radius 3 is 2.35 bits per heavy atom. The van der Waals surface area contributed by atoms with Crippen LogP contribution in [0.25, 0.3) is 0 Å². The van der Waals surface area contributed by atoms with Crippen LogP contribution < -0.4 is 20.5 Å². The smallest absolute Gasteiger partial charge is 0.257 e. The molecule has 8 nitrogen and oxygen atoms in total. The van der Waals surface area contributed by atoms with Gasteiger partial charge in [-0.3, -0.25) is 14.6 Å². The molecule has 34 heavy (non-hydrogen) atoms. The van der Waals surface area contributed by atoms with Gasteiger partial charge in [-0.2, -0.15) is 0 Å². The molecule has 0 saturated heterocycles. The van der Waals surface area contributed by atoms with Crippen molar-refractivity contribution in [2.45, 2.75) is 13.2 Å². The summed E-state index contributed by atoms with van der Waals surface area (Å²) in [4.78, 5) is 32.1. The van der Waals surface area contributed by atoms with Crippen LogP contribution in [0.5, 0.6) is 11.6 Å². The Bertz CT molecular complexity index is 1280. The molecule has 8 heteroatoms. The molecule has 0 aliphatic heterocycles. The van der Waals surface area contributed by atoms with Gasteiger partial charge in [0.25, 0.3) is 5.91 Å². The van der Waals surface area contributed by atoms with E-state index in [1.807, 2.05) is 42.5 Å². The number of pyridine rings is 2. The van der Waals surface area contributed by atoms with E-state index in [9.17, 15) is 9.59 Å². The van der Waals surface area contributed by atoms with Crippen molar-refractivity contribution in [1.82, 2.24) is 9.97 Å². The van der Waals surface area contributed by atoms with Crippen molar-refractivity contribution in [2.75, 3.05) is 5.32 Å². The molecule has 0 aliphatic carbocycles. The number of hydrogen-bond acceptors (Lipinski definition) is 6. The number of hydrogen-bond donors (Lipinski definition) is 2. The lowest BCUT2D eigenvalue weighted by Crippen LogP contribution is -2.12. The summed E-state index contributed by atoms with van der Waals surface area (Å²) in [5.41, 5.74) is 8.41. The minimum atomic E-state index is -0.576. The maximum absolute atomic E-state index is 12.6. The van der Waals surface area contributed by atoms with Crippen molar-refractivity contribution >= 4 is 17.5 Å². The third kappa shape index (κ3) is 6.17. The van der Waals surface area contributed by atoms with Crippen LogP contribution in [0.2, 0.25) is 0 Å². The van der Waals surface area contributed by atoms with E-state index in [2.05, 4.69) is 15.3 Å². The minimum absolute atomic E-state index is 0.225. The number of ether oxygens (including phenoxy) is 2. The summed E-state index contributed by atoms with van der Waals surface area (Å²) in [7, 11) is 0. The summed E-state index contributed by atoms with van der Waals surface area (Å²) in [5, 5.41) is 2.85. The molecule has 170 valence electrons. The number of nitrogens with one attached hydrogen (secondary N) is 1. The molecule has 2 aromatic carbocycles. The maximum Gasteiger partial charge on any atom is 0.257 e. The van der Waals surface area contributed by atoms with Crippen LogP contribution in [0.15, 0.2) is 91.4 Å². The summed E-state index contributed by atoms with van der Waals surface area (Å²) < 4.78 is 11.3. The topological polar surface area (TPSA) is 116 Å². The first-order valence-electron chi connectivity index (χ1n) is 10.5. The third-order valence-corrected chi connectivity index (χ3v) is 4.82. The summed E-state index contributed by atoms with van der Waals surface area (Å²) >= 11 is 0. The zero-order valence-corrected chi connectivity index (χ0v) is 18.2. The molecule has 2 aromatic heterocycles. The fourth-order valence-electron chi connectivity index (χ4n) is 3.07. The highest BCUT2D eigenvalue weighted by atomic mass is 16.5.